The minimum absolute atomic E-state index is 0.0849. The van der Waals surface area contributed by atoms with Gasteiger partial charge in [-0.25, -0.2) is 0 Å². The molecule has 0 aliphatic carbocycles. The first-order chi connectivity index (χ1) is 9.12. The molecule has 1 rings (SSSR count). The van der Waals surface area contributed by atoms with Crippen molar-refractivity contribution < 1.29 is 13.9 Å². The van der Waals surface area contributed by atoms with E-state index in [0.717, 1.165) is 24.4 Å². The highest BCUT2D eigenvalue weighted by Crippen LogP contribution is 2.18. The second-order valence-electron chi connectivity index (χ2n) is 4.43. The van der Waals surface area contributed by atoms with Crippen LogP contribution in [0.4, 0.5) is 0 Å². The number of allylic oxidation sites excluding steroid dienone is 1. The fourth-order valence-corrected chi connectivity index (χ4v) is 1.80. The summed E-state index contributed by atoms with van der Waals surface area (Å²) in [6.07, 6.45) is 3.58. The van der Waals surface area contributed by atoms with Crippen molar-refractivity contribution >= 4 is 5.91 Å². The Labute approximate surface area is 114 Å². The molecule has 0 aliphatic rings. The molecule has 0 radical (unpaired) electrons. The highest BCUT2D eigenvalue weighted by molar-refractivity contribution is 5.92. The summed E-state index contributed by atoms with van der Waals surface area (Å²) in [6, 6.07) is 3.57. The van der Waals surface area contributed by atoms with E-state index in [1.54, 1.807) is 7.11 Å². The Balaban J connectivity index is 2.77. The van der Waals surface area contributed by atoms with Crippen LogP contribution in [-0.2, 0) is 16.0 Å². The first-order valence-corrected chi connectivity index (χ1v) is 6.67. The number of carbonyl (C=O) groups is 1. The Morgan fingerprint density at radius 3 is 2.74 bits per heavy atom. The number of ether oxygens (including phenoxy) is 1. The molecule has 1 unspecified atom stereocenters. The Morgan fingerprint density at radius 2 is 2.21 bits per heavy atom. The number of hydrogen-bond acceptors (Lipinski definition) is 3. The molecule has 4 heteroatoms. The molecule has 4 nitrogen and oxygen atoms in total. The van der Waals surface area contributed by atoms with Gasteiger partial charge in [-0.15, -0.1) is 0 Å². The summed E-state index contributed by atoms with van der Waals surface area (Å²) in [5.74, 6) is 1.56. The molecule has 0 saturated carbocycles. The van der Waals surface area contributed by atoms with Gasteiger partial charge >= 0.3 is 0 Å². The summed E-state index contributed by atoms with van der Waals surface area (Å²) in [4.78, 5) is 12.0. The minimum Gasteiger partial charge on any atom is -0.464 e. The number of carbonyl (C=O) groups excluding carboxylic acids is 1. The molecule has 0 saturated heterocycles. The highest BCUT2D eigenvalue weighted by Gasteiger charge is 2.18. The second-order valence-corrected chi connectivity index (χ2v) is 4.43. The van der Waals surface area contributed by atoms with Crippen molar-refractivity contribution in [3.8, 4) is 0 Å². The number of rotatable bonds is 7. The first kappa shape index (κ1) is 15.5. The summed E-state index contributed by atoms with van der Waals surface area (Å²) in [6.45, 7) is 6.23. The van der Waals surface area contributed by atoms with E-state index in [0.29, 0.717) is 12.2 Å². The second kappa shape index (κ2) is 7.79. The summed E-state index contributed by atoms with van der Waals surface area (Å²) in [5.41, 5.74) is 0.714. The number of aryl methyl sites for hydroxylation is 1. The molecule has 1 amide bonds. The van der Waals surface area contributed by atoms with Crippen molar-refractivity contribution in [2.45, 2.75) is 39.7 Å². The summed E-state index contributed by atoms with van der Waals surface area (Å²) in [5, 5.41) is 2.93. The molecule has 0 aromatic carbocycles. The molecule has 0 fully saturated rings. The van der Waals surface area contributed by atoms with Crippen molar-refractivity contribution in [1.29, 1.82) is 0 Å². The van der Waals surface area contributed by atoms with Gasteiger partial charge in [0.15, 0.2) is 0 Å². The van der Waals surface area contributed by atoms with Crippen molar-refractivity contribution in [3.05, 3.63) is 35.3 Å². The van der Waals surface area contributed by atoms with Crippen molar-refractivity contribution in [2.24, 2.45) is 0 Å². The number of hydrogen-bond donors (Lipinski definition) is 1. The lowest BCUT2D eigenvalue weighted by molar-refractivity contribution is -0.118. The Hall–Kier alpha value is -1.55. The maximum Gasteiger partial charge on any atom is 0.247 e. The van der Waals surface area contributed by atoms with Gasteiger partial charge in [-0.05, 0) is 25.5 Å². The average Bonchev–Trinajstić information content (AvgIpc) is 2.87. The lowest BCUT2D eigenvalue weighted by atomic mass is 10.2. The Bertz CT molecular complexity index is 434. The third-order valence-corrected chi connectivity index (χ3v) is 2.88. The minimum atomic E-state index is -0.252. The van der Waals surface area contributed by atoms with E-state index in [-0.39, 0.29) is 11.9 Å². The fraction of sp³-hybridized carbons (Fsp3) is 0.533. The van der Waals surface area contributed by atoms with Crippen molar-refractivity contribution in [1.82, 2.24) is 5.32 Å². The van der Waals surface area contributed by atoms with Crippen LogP contribution >= 0.6 is 0 Å². The maximum absolute atomic E-state index is 12.0. The molecule has 106 valence electrons. The molecule has 19 heavy (non-hydrogen) atoms. The predicted molar refractivity (Wildman–Crippen MR) is 74.9 cm³/mol. The standard InChI is InChI=1S/C15H23NO3/c1-5-7-11(3)15(17)16-13(10-18-4)14-9-8-12(6-2)19-14/h7-9,13H,5-6,10H2,1-4H3,(H,16,17)/b11-7-. The van der Waals surface area contributed by atoms with Crippen molar-refractivity contribution in [2.75, 3.05) is 13.7 Å². The monoisotopic (exact) mass is 265 g/mol. The van der Waals surface area contributed by atoms with Crippen LogP contribution < -0.4 is 5.32 Å². The molecular weight excluding hydrogens is 242 g/mol. The molecule has 1 N–H and O–H groups in total. The summed E-state index contributed by atoms with van der Waals surface area (Å²) in [7, 11) is 1.61. The molecular formula is C15H23NO3. The quantitative estimate of drug-likeness (QED) is 0.771. The third-order valence-electron chi connectivity index (χ3n) is 2.88. The zero-order valence-electron chi connectivity index (χ0n) is 12.2. The first-order valence-electron chi connectivity index (χ1n) is 6.67. The topological polar surface area (TPSA) is 51.5 Å². The van der Waals surface area contributed by atoms with Crippen molar-refractivity contribution in [3.63, 3.8) is 0 Å². The zero-order chi connectivity index (χ0) is 14.3. The number of methoxy groups -OCH3 is 1. The van der Waals surface area contributed by atoms with E-state index in [4.69, 9.17) is 9.15 Å². The van der Waals surface area contributed by atoms with Crippen LogP contribution in [0, 0.1) is 0 Å². The van der Waals surface area contributed by atoms with E-state index in [2.05, 4.69) is 5.32 Å². The molecule has 0 aliphatic heterocycles. The smallest absolute Gasteiger partial charge is 0.247 e. The summed E-state index contributed by atoms with van der Waals surface area (Å²) < 4.78 is 10.8. The van der Waals surface area contributed by atoms with Gasteiger partial charge in [0.2, 0.25) is 5.91 Å². The molecule has 1 heterocycles. The largest absolute Gasteiger partial charge is 0.464 e. The van der Waals surface area contributed by atoms with Crippen LogP contribution in [0.5, 0.6) is 0 Å². The summed E-state index contributed by atoms with van der Waals surface area (Å²) >= 11 is 0. The van der Waals surface area contributed by atoms with E-state index < -0.39 is 0 Å². The van der Waals surface area contributed by atoms with Gasteiger partial charge in [0.05, 0.1) is 6.61 Å². The van der Waals surface area contributed by atoms with Gasteiger partial charge in [0, 0.05) is 19.1 Å². The Kier molecular flexibility index (Phi) is 6.36. The molecule has 1 aromatic rings. The van der Waals surface area contributed by atoms with Gasteiger partial charge < -0.3 is 14.5 Å². The van der Waals surface area contributed by atoms with Crippen LogP contribution in [0.15, 0.2) is 28.2 Å². The van der Waals surface area contributed by atoms with Crippen LogP contribution in [0.25, 0.3) is 0 Å². The molecule has 1 atom stereocenters. The van der Waals surface area contributed by atoms with E-state index in [1.165, 1.54) is 0 Å². The highest BCUT2D eigenvalue weighted by atomic mass is 16.5. The zero-order valence-corrected chi connectivity index (χ0v) is 12.2. The number of amides is 1. The number of nitrogens with one attached hydrogen (secondary N) is 1. The van der Waals surface area contributed by atoms with Gasteiger partial charge in [-0.2, -0.15) is 0 Å². The van der Waals surface area contributed by atoms with Crippen LogP contribution in [0.3, 0.4) is 0 Å². The van der Waals surface area contributed by atoms with E-state index >= 15 is 0 Å². The number of furan rings is 1. The molecule has 0 bridgehead atoms. The SMILES string of the molecule is CC/C=C(/C)C(=O)NC(COC)c1ccc(CC)o1. The third kappa shape index (κ3) is 4.56. The lowest BCUT2D eigenvalue weighted by Crippen LogP contribution is -2.31. The predicted octanol–water partition coefficient (Wildman–Crippen LogP) is 3.00. The Morgan fingerprint density at radius 1 is 1.47 bits per heavy atom. The van der Waals surface area contributed by atoms with Crippen LogP contribution in [0.2, 0.25) is 0 Å². The van der Waals surface area contributed by atoms with Crippen LogP contribution in [0.1, 0.15) is 44.8 Å². The van der Waals surface area contributed by atoms with Gasteiger partial charge in [0.1, 0.15) is 17.6 Å². The van der Waals surface area contributed by atoms with Gasteiger partial charge in [-0.3, -0.25) is 4.79 Å². The average molecular weight is 265 g/mol. The van der Waals surface area contributed by atoms with Crippen LogP contribution in [-0.4, -0.2) is 19.6 Å². The maximum atomic E-state index is 12.0. The normalized spacial score (nSPS) is 13.4. The molecule has 1 aromatic heterocycles. The molecule has 0 spiro atoms. The van der Waals surface area contributed by atoms with Gasteiger partial charge in [0.25, 0.3) is 0 Å². The van der Waals surface area contributed by atoms with E-state index in [1.807, 2.05) is 39.0 Å². The van der Waals surface area contributed by atoms with E-state index in [9.17, 15) is 4.79 Å². The lowest BCUT2D eigenvalue weighted by Gasteiger charge is -2.16. The van der Waals surface area contributed by atoms with Gasteiger partial charge in [-0.1, -0.05) is 19.9 Å². The fourth-order valence-electron chi connectivity index (χ4n) is 1.80.